The van der Waals surface area contributed by atoms with Crippen molar-refractivity contribution in [1.82, 2.24) is 0 Å². The van der Waals surface area contributed by atoms with E-state index < -0.39 is 5.82 Å². The van der Waals surface area contributed by atoms with Crippen LogP contribution in [0.3, 0.4) is 0 Å². The van der Waals surface area contributed by atoms with Gasteiger partial charge in [-0.2, -0.15) is 0 Å². The lowest BCUT2D eigenvalue weighted by atomic mass is 9.98. The molecule has 0 spiro atoms. The maximum Gasteiger partial charge on any atom is 0.148 e. The van der Waals surface area contributed by atoms with Crippen molar-refractivity contribution in [2.75, 3.05) is 11.9 Å². The third-order valence-electron chi connectivity index (χ3n) is 3.10. The zero-order chi connectivity index (χ0) is 15.2. The van der Waals surface area contributed by atoms with E-state index in [0.717, 1.165) is 5.56 Å². The third kappa shape index (κ3) is 3.86. The molecule has 0 saturated heterocycles. The second-order valence-electron chi connectivity index (χ2n) is 4.49. The van der Waals surface area contributed by atoms with E-state index in [9.17, 15) is 4.39 Å². The van der Waals surface area contributed by atoms with Crippen LogP contribution in [0.5, 0.6) is 0 Å². The van der Waals surface area contributed by atoms with Gasteiger partial charge in [-0.15, -0.1) is 0 Å². The van der Waals surface area contributed by atoms with Gasteiger partial charge in [-0.3, -0.25) is 0 Å². The van der Waals surface area contributed by atoms with Crippen molar-refractivity contribution in [2.45, 2.75) is 5.92 Å². The topological polar surface area (TPSA) is 70.6 Å². The fraction of sp³-hybridized carbons (Fsp3) is 0.133. The smallest absolute Gasteiger partial charge is 0.148 e. The first-order chi connectivity index (χ1) is 10.1. The third-order valence-corrected chi connectivity index (χ3v) is 3.34. The SMILES string of the molecule is NC(=NO)C(CNc1ccc(Cl)cc1F)c1ccccc1. The number of halogens is 2. The summed E-state index contributed by atoms with van der Waals surface area (Å²) < 4.78 is 13.7. The molecule has 0 radical (unpaired) electrons. The molecule has 1 unspecified atom stereocenters. The van der Waals surface area contributed by atoms with Crippen molar-refractivity contribution in [1.29, 1.82) is 0 Å². The number of rotatable bonds is 5. The van der Waals surface area contributed by atoms with Crippen molar-refractivity contribution in [3.8, 4) is 0 Å². The van der Waals surface area contributed by atoms with Crippen molar-refractivity contribution in [3.63, 3.8) is 0 Å². The van der Waals surface area contributed by atoms with Gasteiger partial charge in [0.05, 0.1) is 11.6 Å². The largest absolute Gasteiger partial charge is 0.409 e. The maximum atomic E-state index is 13.7. The zero-order valence-electron chi connectivity index (χ0n) is 11.1. The molecule has 0 aliphatic carbocycles. The number of oxime groups is 1. The number of nitrogens with two attached hydrogens (primary N) is 1. The maximum absolute atomic E-state index is 13.7. The van der Waals surface area contributed by atoms with E-state index in [4.69, 9.17) is 22.5 Å². The Hall–Kier alpha value is -2.27. The monoisotopic (exact) mass is 307 g/mol. The van der Waals surface area contributed by atoms with Gasteiger partial charge in [0.25, 0.3) is 0 Å². The van der Waals surface area contributed by atoms with E-state index in [1.807, 2.05) is 30.3 Å². The molecule has 0 fully saturated rings. The highest BCUT2D eigenvalue weighted by Gasteiger charge is 2.17. The van der Waals surface area contributed by atoms with Crippen molar-refractivity contribution in [3.05, 3.63) is 64.9 Å². The molecule has 2 aromatic rings. The summed E-state index contributed by atoms with van der Waals surface area (Å²) in [5, 5.41) is 15.2. The highest BCUT2D eigenvalue weighted by atomic mass is 35.5. The molecule has 0 bridgehead atoms. The summed E-state index contributed by atoms with van der Waals surface area (Å²) in [4.78, 5) is 0. The van der Waals surface area contributed by atoms with Crippen molar-refractivity contribution in [2.24, 2.45) is 10.9 Å². The van der Waals surface area contributed by atoms with Crippen LogP contribution < -0.4 is 11.1 Å². The normalized spacial score (nSPS) is 13.0. The van der Waals surface area contributed by atoms with Crippen LogP contribution in [0.25, 0.3) is 0 Å². The van der Waals surface area contributed by atoms with Gasteiger partial charge in [0, 0.05) is 11.6 Å². The molecule has 21 heavy (non-hydrogen) atoms. The van der Waals surface area contributed by atoms with E-state index in [0.29, 0.717) is 17.3 Å². The van der Waals surface area contributed by atoms with E-state index in [1.165, 1.54) is 6.07 Å². The average Bonchev–Trinajstić information content (AvgIpc) is 2.50. The van der Waals surface area contributed by atoms with E-state index in [2.05, 4.69) is 10.5 Å². The van der Waals surface area contributed by atoms with Gasteiger partial charge in [-0.1, -0.05) is 47.1 Å². The molecule has 4 nitrogen and oxygen atoms in total. The Bertz CT molecular complexity index is 634. The van der Waals surface area contributed by atoms with Crippen molar-refractivity contribution >= 4 is 23.1 Å². The Kier molecular flexibility index (Phi) is 5.00. The summed E-state index contributed by atoms with van der Waals surface area (Å²) in [6, 6.07) is 13.7. The molecular weight excluding hydrogens is 293 g/mol. The fourth-order valence-corrected chi connectivity index (χ4v) is 2.15. The van der Waals surface area contributed by atoms with Gasteiger partial charge in [-0.25, -0.2) is 4.39 Å². The predicted octanol–water partition coefficient (Wildman–Crippen LogP) is 3.42. The number of amidine groups is 1. The summed E-state index contributed by atoms with van der Waals surface area (Å²) >= 11 is 5.71. The minimum Gasteiger partial charge on any atom is -0.409 e. The molecule has 6 heteroatoms. The molecule has 0 aliphatic rings. The van der Waals surface area contributed by atoms with Crippen LogP contribution in [0, 0.1) is 5.82 Å². The molecule has 0 heterocycles. The molecule has 0 amide bonds. The molecular formula is C15H15ClFN3O. The van der Waals surface area contributed by atoms with Crippen LogP contribution in [0.4, 0.5) is 10.1 Å². The summed E-state index contributed by atoms with van der Waals surface area (Å²) in [5.41, 5.74) is 6.90. The lowest BCUT2D eigenvalue weighted by molar-refractivity contribution is 0.316. The number of anilines is 1. The standard InChI is InChI=1S/C15H15ClFN3O/c16-11-6-7-14(13(17)8-11)19-9-12(15(18)20-21)10-4-2-1-3-5-10/h1-8,12,19,21H,9H2,(H2,18,20). The van der Waals surface area contributed by atoms with Gasteiger partial charge in [0.15, 0.2) is 0 Å². The molecule has 110 valence electrons. The first kappa shape index (κ1) is 15.1. The number of hydrogen-bond donors (Lipinski definition) is 3. The minimum atomic E-state index is -0.450. The minimum absolute atomic E-state index is 0.0584. The fourth-order valence-electron chi connectivity index (χ4n) is 1.99. The van der Waals surface area contributed by atoms with Gasteiger partial charge < -0.3 is 16.3 Å². The number of benzene rings is 2. The number of hydrogen-bond acceptors (Lipinski definition) is 3. The van der Waals surface area contributed by atoms with Gasteiger partial charge >= 0.3 is 0 Å². The second-order valence-corrected chi connectivity index (χ2v) is 4.93. The quantitative estimate of drug-likeness (QED) is 0.343. The molecule has 0 aromatic heterocycles. The first-order valence-electron chi connectivity index (χ1n) is 6.33. The van der Waals surface area contributed by atoms with Gasteiger partial charge in [0.1, 0.15) is 11.7 Å². The lowest BCUT2D eigenvalue weighted by Crippen LogP contribution is -2.28. The molecule has 2 aromatic carbocycles. The Morgan fingerprint density at radius 1 is 1.29 bits per heavy atom. The summed E-state index contributed by atoms with van der Waals surface area (Å²) in [6.07, 6.45) is 0. The van der Waals surface area contributed by atoms with Gasteiger partial charge in [-0.05, 0) is 23.8 Å². The Morgan fingerprint density at radius 3 is 2.62 bits per heavy atom. The zero-order valence-corrected chi connectivity index (χ0v) is 11.9. The Labute approximate surface area is 127 Å². The summed E-state index contributed by atoms with van der Waals surface area (Å²) in [5.74, 6) is -0.761. The molecule has 4 N–H and O–H groups in total. The predicted molar refractivity (Wildman–Crippen MR) is 82.5 cm³/mol. The van der Waals surface area contributed by atoms with Crippen LogP contribution in [0.1, 0.15) is 11.5 Å². The second kappa shape index (κ2) is 6.95. The Balaban J connectivity index is 2.17. The van der Waals surface area contributed by atoms with Crippen LogP contribution in [-0.4, -0.2) is 17.6 Å². The van der Waals surface area contributed by atoms with E-state index in [-0.39, 0.29) is 11.8 Å². The van der Waals surface area contributed by atoms with E-state index in [1.54, 1.807) is 12.1 Å². The van der Waals surface area contributed by atoms with Crippen LogP contribution >= 0.6 is 11.6 Å². The summed E-state index contributed by atoms with van der Waals surface area (Å²) in [6.45, 7) is 0.290. The lowest BCUT2D eigenvalue weighted by Gasteiger charge is -2.17. The first-order valence-corrected chi connectivity index (χ1v) is 6.71. The van der Waals surface area contributed by atoms with Crippen LogP contribution in [-0.2, 0) is 0 Å². The highest BCUT2D eigenvalue weighted by molar-refractivity contribution is 6.30. The molecule has 2 rings (SSSR count). The van der Waals surface area contributed by atoms with Gasteiger partial charge in [0.2, 0.25) is 0 Å². The highest BCUT2D eigenvalue weighted by Crippen LogP contribution is 2.21. The summed E-state index contributed by atoms with van der Waals surface area (Å²) in [7, 11) is 0. The average molecular weight is 308 g/mol. The number of nitrogens with one attached hydrogen (secondary N) is 1. The van der Waals surface area contributed by atoms with Crippen molar-refractivity contribution < 1.29 is 9.60 Å². The number of nitrogens with zero attached hydrogens (tertiary/aromatic N) is 1. The Morgan fingerprint density at radius 2 is 2.00 bits per heavy atom. The van der Waals surface area contributed by atoms with E-state index >= 15 is 0 Å². The molecule has 1 atom stereocenters. The molecule has 0 aliphatic heterocycles. The van der Waals surface area contributed by atoms with Crippen LogP contribution in [0.2, 0.25) is 5.02 Å². The van der Waals surface area contributed by atoms with Crippen LogP contribution in [0.15, 0.2) is 53.7 Å². The molecule has 0 saturated carbocycles.